The van der Waals surface area contributed by atoms with Crippen LogP contribution >= 0.6 is 23.2 Å². The van der Waals surface area contributed by atoms with E-state index in [0.717, 1.165) is 29.9 Å². The van der Waals surface area contributed by atoms with E-state index in [0.29, 0.717) is 15.6 Å². The fraction of sp³-hybridized carbons (Fsp3) is 0.222. The maximum absolute atomic E-state index is 13.0. The largest absolute Gasteiger partial charge is 0.372 e. The van der Waals surface area contributed by atoms with Crippen molar-refractivity contribution in [2.75, 3.05) is 18.0 Å². The minimum atomic E-state index is -0.814. The number of anilines is 1. The van der Waals surface area contributed by atoms with Crippen molar-refractivity contribution in [2.45, 2.75) is 25.9 Å². The first-order valence-corrected chi connectivity index (χ1v) is 12.3. The molecule has 3 aromatic rings. The highest BCUT2D eigenvalue weighted by molar-refractivity contribution is 6.30. The average molecular weight is 510 g/mol. The van der Waals surface area contributed by atoms with Crippen LogP contribution in [0.2, 0.25) is 10.0 Å². The maximum Gasteiger partial charge on any atom is 0.304 e. The highest BCUT2D eigenvalue weighted by atomic mass is 35.5. The van der Waals surface area contributed by atoms with Gasteiger partial charge in [0.1, 0.15) is 0 Å². The topological polar surface area (TPSA) is 64.5 Å². The molecular weight excluding hydrogens is 483 g/mol. The quantitative estimate of drug-likeness (QED) is 0.447. The number of hydrogen-bond donors (Lipinski definition) is 2. The van der Waals surface area contributed by atoms with E-state index in [1.165, 1.54) is 0 Å². The van der Waals surface area contributed by atoms with E-state index in [-0.39, 0.29) is 11.8 Å². The number of benzene rings is 3. The summed E-state index contributed by atoms with van der Waals surface area (Å²) in [4.78, 5) is 28.2. The predicted octanol–water partition coefficient (Wildman–Crippen LogP) is 4.86. The Balaban J connectivity index is 1.66. The van der Waals surface area contributed by atoms with Gasteiger partial charge in [0, 0.05) is 45.5 Å². The zero-order valence-electron chi connectivity index (χ0n) is 19.5. The van der Waals surface area contributed by atoms with Gasteiger partial charge in [-0.3, -0.25) is 9.59 Å². The van der Waals surface area contributed by atoms with Gasteiger partial charge in [-0.1, -0.05) is 35.3 Å². The normalized spacial score (nSPS) is 18.4. The molecule has 2 amide bonds. The number of hydrazone groups is 1. The highest BCUT2D eigenvalue weighted by Gasteiger charge is 2.47. The number of amides is 2. The lowest BCUT2D eigenvalue weighted by Gasteiger charge is -2.20. The maximum atomic E-state index is 13.0. The monoisotopic (exact) mass is 509 g/mol. The van der Waals surface area contributed by atoms with E-state index in [4.69, 9.17) is 23.2 Å². The summed E-state index contributed by atoms with van der Waals surface area (Å²) in [5, 5.41) is 4.01. The Morgan fingerprint density at radius 3 is 2.09 bits per heavy atom. The van der Waals surface area contributed by atoms with Gasteiger partial charge in [-0.2, -0.15) is 0 Å². The smallest absolute Gasteiger partial charge is 0.304 e. The van der Waals surface area contributed by atoms with Gasteiger partial charge in [-0.15, -0.1) is 10.1 Å². The van der Waals surface area contributed by atoms with Crippen molar-refractivity contribution in [1.29, 1.82) is 0 Å². The first-order chi connectivity index (χ1) is 16.9. The Morgan fingerprint density at radius 1 is 0.943 bits per heavy atom. The molecule has 1 saturated heterocycles. The average Bonchev–Trinajstić information content (AvgIpc) is 3.16. The van der Waals surface area contributed by atoms with Crippen molar-refractivity contribution in [3.8, 4) is 0 Å². The second-order valence-electron chi connectivity index (χ2n) is 8.23. The van der Waals surface area contributed by atoms with Gasteiger partial charge in [0.2, 0.25) is 12.3 Å². The number of nitrogens with one attached hydrogen (secondary N) is 2. The van der Waals surface area contributed by atoms with Crippen LogP contribution in [0.5, 0.6) is 0 Å². The van der Waals surface area contributed by atoms with Crippen LogP contribution in [-0.2, 0) is 4.79 Å². The molecular formula is C27H27Cl2N4O2+. The molecule has 8 heteroatoms. The van der Waals surface area contributed by atoms with E-state index in [2.05, 4.69) is 41.6 Å². The summed E-state index contributed by atoms with van der Waals surface area (Å²) >= 11 is 12.0. The summed E-state index contributed by atoms with van der Waals surface area (Å²) < 4.78 is 1.74. The zero-order valence-corrected chi connectivity index (χ0v) is 21.1. The summed E-state index contributed by atoms with van der Waals surface area (Å²) in [6.45, 7) is 6.10. The summed E-state index contributed by atoms with van der Waals surface area (Å²) in [6.07, 6.45) is 1.87. The van der Waals surface area contributed by atoms with Crippen LogP contribution in [0, 0.1) is 0 Å². The van der Waals surface area contributed by atoms with Gasteiger partial charge in [0.15, 0.2) is 6.04 Å². The molecule has 1 heterocycles. The lowest BCUT2D eigenvalue weighted by molar-refractivity contribution is -0.596. The van der Waals surface area contributed by atoms with Gasteiger partial charge >= 0.3 is 5.91 Å². The molecule has 180 valence electrons. The molecule has 0 bridgehead atoms. The second kappa shape index (κ2) is 10.9. The number of carbonyl (C=O) groups is 2. The van der Waals surface area contributed by atoms with Crippen molar-refractivity contribution in [3.05, 3.63) is 99.5 Å². The molecule has 1 aliphatic rings. The van der Waals surface area contributed by atoms with E-state index in [1.54, 1.807) is 41.1 Å². The molecule has 0 aliphatic carbocycles. The molecule has 4 rings (SSSR count). The summed E-state index contributed by atoms with van der Waals surface area (Å²) in [5.41, 5.74) is 6.22. The van der Waals surface area contributed by atoms with Crippen LogP contribution < -0.4 is 15.6 Å². The second-order valence-corrected chi connectivity index (χ2v) is 9.10. The van der Waals surface area contributed by atoms with Crippen LogP contribution in [-0.4, -0.2) is 41.8 Å². The zero-order chi connectivity index (χ0) is 24.9. The number of nitrogens with zero attached hydrogens (tertiary/aromatic N) is 2. The molecule has 1 fully saturated rings. The van der Waals surface area contributed by atoms with E-state index >= 15 is 0 Å². The fourth-order valence-electron chi connectivity index (χ4n) is 4.19. The van der Waals surface area contributed by atoms with Crippen LogP contribution in [0.3, 0.4) is 0 Å². The van der Waals surface area contributed by atoms with Crippen molar-refractivity contribution in [1.82, 2.24) is 10.7 Å². The predicted molar refractivity (Wildman–Crippen MR) is 140 cm³/mol. The molecule has 0 saturated carbocycles. The molecule has 0 spiro atoms. The van der Waals surface area contributed by atoms with Gasteiger partial charge in [-0.05, 0) is 74.5 Å². The van der Waals surface area contributed by atoms with Crippen molar-refractivity contribution < 1.29 is 14.3 Å². The first-order valence-electron chi connectivity index (χ1n) is 11.5. The third-order valence-corrected chi connectivity index (χ3v) is 6.56. The number of halogens is 2. The van der Waals surface area contributed by atoms with Crippen molar-refractivity contribution in [2.24, 2.45) is 0 Å². The number of hydrogen-bond acceptors (Lipinski definition) is 3. The summed E-state index contributed by atoms with van der Waals surface area (Å²) in [7, 11) is 0. The number of hydrazine groups is 1. The number of carbonyl (C=O) groups excluding carboxylic acids is 2. The van der Waals surface area contributed by atoms with Crippen LogP contribution in [0.15, 0.2) is 72.8 Å². The van der Waals surface area contributed by atoms with Gasteiger partial charge in [0.05, 0.1) is 0 Å². The lowest BCUT2D eigenvalue weighted by atomic mass is 9.99. The SMILES string of the molecule is CCN(CC)c1ccc(/C=[N+]2\NC(=O)[C@@H](NC(=O)c3ccc(Cl)cc3)[C@@H]2c2ccc(Cl)cc2)cc1. The Kier molecular flexibility index (Phi) is 7.73. The minimum absolute atomic E-state index is 0.303. The van der Waals surface area contributed by atoms with Crippen molar-refractivity contribution >= 4 is 46.9 Å². The molecule has 35 heavy (non-hydrogen) atoms. The Hall–Kier alpha value is -3.35. The van der Waals surface area contributed by atoms with E-state index in [1.807, 2.05) is 30.5 Å². The minimum Gasteiger partial charge on any atom is -0.372 e. The molecule has 0 aromatic heterocycles. The third kappa shape index (κ3) is 5.66. The first kappa shape index (κ1) is 24.8. The van der Waals surface area contributed by atoms with Gasteiger partial charge < -0.3 is 10.2 Å². The van der Waals surface area contributed by atoms with E-state index in [9.17, 15) is 9.59 Å². The molecule has 6 nitrogen and oxygen atoms in total. The van der Waals surface area contributed by atoms with Crippen molar-refractivity contribution in [3.63, 3.8) is 0 Å². The summed E-state index contributed by atoms with van der Waals surface area (Å²) in [6, 6.07) is 20.7. The fourth-order valence-corrected chi connectivity index (χ4v) is 4.44. The van der Waals surface area contributed by atoms with Gasteiger partial charge in [0.25, 0.3) is 5.91 Å². The molecule has 3 aromatic carbocycles. The van der Waals surface area contributed by atoms with Crippen LogP contribution in [0.4, 0.5) is 5.69 Å². The van der Waals surface area contributed by atoms with Gasteiger partial charge in [-0.25, -0.2) is 0 Å². The Bertz CT molecular complexity index is 1220. The molecule has 0 radical (unpaired) electrons. The van der Waals surface area contributed by atoms with E-state index < -0.39 is 12.1 Å². The Morgan fingerprint density at radius 2 is 1.51 bits per heavy atom. The molecule has 1 aliphatic heterocycles. The van der Waals surface area contributed by atoms with Crippen LogP contribution in [0.1, 0.15) is 41.4 Å². The highest BCUT2D eigenvalue weighted by Crippen LogP contribution is 2.27. The standard InChI is InChI=1S/C27H26Cl2N4O2/c1-3-32(4-2)23-15-5-18(6-16-23)17-33-25(19-7-11-21(28)12-8-19)24(27(35)31-33)30-26(34)20-9-13-22(29)14-10-20/h5-17,24-25H,3-4H2,1-2H3,(H-,30,31,34,35)/p+1/t24-,25-/m0/s1. The number of rotatable bonds is 7. The Labute approximate surface area is 215 Å². The molecule has 0 unspecified atom stereocenters. The third-order valence-electron chi connectivity index (χ3n) is 6.05. The van der Waals surface area contributed by atoms with Crippen LogP contribution in [0.25, 0.3) is 0 Å². The lowest BCUT2D eigenvalue weighted by Crippen LogP contribution is -2.42. The molecule has 2 atom stereocenters. The summed E-state index contributed by atoms with van der Waals surface area (Å²) in [5.74, 6) is -0.658. The molecule has 2 N–H and O–H groups in total.